The fourth-order valence-electron chi connectivity index (χ4n) is 2.56. The van der Waals surface area contributed by atoms with Crippen LogP contribution in [0, 0.1) is 5.41 Å². The molecule has 1 aliphatic carbocycles. The minimum absolute atomic E-state index is 0.00218. The summed E-state index contributed by atoms with van der Waals surface area (Å²) in [6.45, 7) is 6.47. The molecule has 2 nitrogen and oxygen atoms in total. The van der Waals surface area contributed by atoms with Gasteiger partial charge in [-0.1, -0.05) is 51.1 Å². The van der Waals surface area contributed by atoms with Gasteiger partial charge in [-0.25, -0.2) is 0 Å². The molecule has 3 unspecified atom stereocenters. The largest absolute Gasteiger partial charge is 0.392 e. The Kier molecular flexibility index (Phi) is 3.55. The highest BCUT2D eigenvalue weighted by atomic mass is 16.3. The van der Waals surface area contributed by atoms with Crippen molar-refractivity contribution in [2.24, 2.45) is 5.41 Å². The lowest BCUT2D eigenvalue weighted by Crippen LogP contribution is -2.60. The molecule has 1 saturated carbocycles. The van der Waals surface area contributed by atoms with Crippen molar-refractivity contribution in [1.29, 1.82) is 0 Å². The molecule has 94 valence electrons. The van der Waals surface area contributed by atoms with E-state index in [-0.39, 0.29) is 11.5 Å². The molecule has 17 heavy (non-hydrogen) atoms. The van der Waals surface area contributed by atoms with Crippen LogP contribution in [0.1, 0.15) is 45.2 Å². The second kappa shape index (κ2) is 4.79. The van der Waals surface area contributed by atoms with E-state index in [1.54, 1.807) is 0 Å². The Hall–Kier alpha value is -0.860. The van der Waals surface area contributed by atoms with Crippen LogP contribution in [0.5, 0.6) is 0 Å². The molecular weight excluding hydrogens is 210 g/mol. The summed E-state index contributed by atoms with van der Waals surface area (Å²) in [5, 5.41) is 13.4. The molecule has 1 aromatic carbocycles. The molecule has 0 saturated heterocycles. The van der Waals surface area contributed by atoms with Crippen LogP contribution in [0.15, 0.2) is 30.3 Å². The highest BCUT2D eigenvalue weighted by Gasteiger charge is 2.47. The summed E-state index contributed by atoms with van der Waals surface area (Å²) in [4.78, 5) is 0. The maximum Gasteiger partial charge on any atom is 0.0621 e. The summed E-state index contributed by atoms with van der Waals surface area (Å²) >= 11 is 0. The summed E-state index contributed by atoms with van der Waals surface area (Å²) in [6.07, 6.45) is 1.79. The molecule has 0 spiro atoms. The van der Waals surface area contributed by atoms with Crippen LogP contribution in [0.4, 0.5) is 0 Å². The van der Waals surface area contributed by atoms with E-state index in [2.05, 4.69) is 50.4 Å². The summed E-state index contributed by atoms with van der Waals surface area (Å²) in [5.74, 6) is 0. The number of aliphatic hydroxyl groups excluding tert-OH is 1. The third-order valence-corrected chi connectivity index (χ3v) is 4.23. The van der Waals surface area contributed by atoms with Gasteiger partial charge in [0.05, 0.1) is 6.10 Å². The molecule has 1 aromatic rings. The van der Waals surface area contributed by atoms with Crippen molar-refractivity contribution in [3.63, 3.8) is 0 Å². The van der Waals surface area contributed by atoms with Gasteiger partial charge < -0.3 is 10.4 Å². The van der Waals surface area contributed by atoms with Crippen molar-refractivity contribution in [2.75, 3.05) is 0 Å². The minimum Gasteiger partial charge on any atom is -0.392 e. The van der Waals surface area contributed by atoms with Gasteiger partial charge in [-0.3, -0.25) is 0 Å². The van der Waals surface area contributed by atoms with Gasteiger partial charge in [0, 0.05) is 17.5 Å². The molecule has 1 aliphatic rings. The first-order valence-corrected chi connectivity index (χ1v) is 6.54. The summed E-state index contributed by atoms with van der Waals surface area (Å²) in [7, 11) is 0. The van der Waals surface area contributed by atoms with Crippen LogP contribution in [-0.4, -0.2) is 17.3 Å². The summed E-state index contributed by atoms with van der Waals surface area (Å²) < 4.78 is 0. The zero-order valence-electron chi connectivity index (χ0n) is 11.0. The molecular formula is C15H23NO. The molecule has 0 aliphatic heterocycles. The van der Waals surface area contributed by atoms with Gasteiger partial charge in [-0.05, 0) is 18.4 Å². The van der Waals surface area contributed by atoms with Crippen LogP contribution in [0.25, 0.3) is 0 Å². The third kappa shape index (κ3) is 2.38. The molecule has 0 heterocycles. The van der Waals surface area contributed by atoms with Gasteiger partial charge in [0.25, 0.3) is 0 Å². The predicted molar refractivity (Wildman–Crippen MR) is 70.8 cm³/mol. The van der Waals surface area contributed by atoms with E-state index >= 15 is 0 Å². The number of benzene rings is 1. The normalized spacial score (nSPS) is 28.5. The lowest BCUT2D eigenvalue weighted by atomic mass is 9.64. The molecule has 0 amide bonds. The van der Waals surface area contributed by atoms with Crippen LogP contribution in [0.3, 0.4) is 0 Å². The topological polar surface area (TPSA) is 32.3 Å². The Morgan fingerprint density at radius 3 is 2.47 bits per heavy atom. The van der Waals surface area contributed by atoms with Gasteiger partial charge in [0.15, 0.2) is 0 Å². The molecule has 0 aromatic heterocycles. The zero-order valence-corrected chi connectivity index (χ0v) is 11.0. The highest BCUT2D eigenvalue weighted by Crippen LogP contribution is 2.41. The van der Waals surface area contributed by atoms with E-state index in [0.29, 0.717) is 12.1 Å². The molecule has 1 fully saturated rings. The van der Waals surface area contributed by atoms with Gasteiger partial charge in [-0.15, -0.1) is 0 Å². The molecule has 2 heteroatoms. The fourth-order valence-corrected chi connectivity index (χ4v) is 2.56. The molecule has 2 rings (SSSR count). The lowest BCUT2D eigenvalue weighted by molar-refractivity contribution is -0.0762. The standard InChI is InChI=1S/C15H23NO/c1-4-12(11-8-6-5-7-9-11)16-13-10-14(17)15(13,2)3/h5-9,12-14,16-17H,4,10H2,1-3H3. The predicted octanol–water partition coefficient (Wildman–Crippen LogP) is 2.89. The Balaban J connectivity index is 2.02. The third-order valence-electron chi connectivity index (χ3n) is 4.23. The van der Waals surface area contributed by atoms with Crippen LogP contribution in [0.2, 0.25) is 0 Å². The number of aliphatic hydroxyl groups is 1. The van der Waals surface area contributed by atoms with Crippen LogP contribution >= 0.6 is 0 Å². The Morgan fingerprint density at radius 2 is 2.00 bits per heavy atom. The van der Waals surface area contributed by atoms with Gasteiger partial charge >= 0.3 is 0 Å². The summed E-state index contributed by atoms with van der Waals surface area (Å²) in [5.41, 5.74) is 1.34. The van der Waals surface area contributed by atoms with Crippen molar-refractivity contribution < 1.29 is 5.11 Å². The molecule has 0 bridgehead atoms. The van der Waals surface area contributed by atoms with Crippen LogP contribution in [-0.2, 0) is 0 Å². The maximum absolute atomic E-state index is 9.76. The Morgan fingerprint density at radius 1 is 1.35 bits per heavy atom. The highest BCUT2D eigenvalue weighted by molar-refractivity contribution is 5.19. The Labute approximate surface area is 104 Å². The lowest BCUT2D eigenvalue weighted by Gasteiger charge is -2.51. The van der Waals surface area contributed by atoms with E-state index < -0.39 is 0 Å². The number of hydrogen-bond acceptors (Lipinski definition) is 2. The first-order chi connectivity index (χ1) is 8.05. The first-order valence-electron chi connectivity index (χ1n) is 6.54. The molecule has 2 N–H and O–H groups in total. The monoisotopic (exact) mass is 233 g/mol. The van der Waals surface area contributed by atoms with Crippen LogP contribution < -0.4 is 5.32 Å². The molecule has 3 atom stereocenters. The maximum atomic E-state index is 9.76. The van der Waals surface area contributed by atoms with Crippen molar-refractivity contribution in [3.05, 3.63) is 35.9 Å². The average molecular weight is 233 g/mol. The Bertz CT molecular complexity index is 360. The minimum atomic E-state index is -0.159. The van der Waals surface area contributed by atoms with E-state index in [4.69, 9.17) is 0 Å². The fraction of sp³-hybridized carbons (Fsp3) is 0.600. The van der Waals surface area contributed by atoms with Crippen molar-refractivity contribution >= 4 is 0 Å². The first kappa shape index (κ1) is 12.6. The zero-order chi connectivity index (χ0) is 12.5. The number of hydrogen-bond donors (Lipinski definition) is 2. The van der Waals surface area contributed by atoms with Gasteiger partial charge in [-0.2, -0.15) is 0 Å². The van der Waals surface area contributed by atoms with Crippen molar-refractivity contribution in [2.45, 2.75) is 51.8 Å². The second-order valence-electron chi connectivity index (χ2n) is 5.66. The molecule has 0 radical (unpaired) electrons. The van der Waals surface area contributed by atoms with Crippen molar-refractivity contribution in [3.8, 4) is 0 Å². The van der Waals surface area contributed by atoms with Crippen molar-refractivity contribution in [1.82, 2.24) is 5.32 Å². The van der Waals surface area contributed by atoms with E-state index in [0.717, 1.165) is 12.8 Å². The van der Waals surface area contributed by atoms with Gasteiger partial charge in [0.2, 0.25) is 0 Å². The van der Waals surface area contributed by atoms with E-state index in [1.807, 2.05) is 6.07 Å². The SMILES string of the molecule is CCC(NC1CC(O)C1(C)C)c1ccccc1. The summed E-state index contributed by atoms with van der Waals surface area (Å²) in [6, 6.07) is 11.4. The van der Waals surface area contributed by atoms with Gasteiger partial charge in [0.1, 0.15) is 0 Å². The number of nitrogens with one attached hydrogen (secondary N) is 1. The quantitative estimate of drug-likeness (QED) is 0.838. The second-order valence-corrected chi connectivity index (χ2v) is 5.66. The van der Waals surface area contributed by atoms with E-state index in [1.165, 1.54) is 5.56 Å². The number of rotatable bonds is 4. The smallest absolute Gasteiger partial charge is 0.0621 e. The van der Waals surface area contributed by atoms with E-state index in [9.17, 15) is 5.11 Å². The average Bonchev–Trinajstić information content (AvgIpc) is 2.35.